The molecule has 178 valence electrons. The number of anilines is 2. The first kappa shape index (κ1) is 23.1. The van der Waals surface area contributed by atoms with E-state index in [-0.39, 0.29) is 9.79 Å². The Labute approximate surface area is 205 Å². The lowest BCUT2D eigenvalue weighted by Gasteiger charge is -2.26. The second kappa shape index (κ2) is 8.87. The molecule has 5 rings (SSSR count). The van der Waals surface area contributed by atoms with Gasteiger partial charge in [0, 0.05) is 10.8 Å². The van der Waals surface area contributed by atoms with Crippen LogP contribution in [0.3, 0.4) is 0 Å². The van der Waals surface area contributed by atoms with Gasteiger partial charge in [0.15, 0.2) is 0 Å². The maximum absolute atomic E-state index is 13.3. The number of allylic oxidation sites excluding steroid dienone is 2. The molecule has 0 atom stereocenters. The van der Waals surface area contributed by atoms with Gasteiger partial charge in [0.2, 0.25) is 0 Å². The van der Waals surface area contributed by atoms with Crippen molar-refractivity contribution in [3.05, 3.63) is 108 Å². The van der Waals surface area contributed by atoms with Crippen LogP contribution in [-0.2, 0) is 32.9 Å². The van der Waals surface area contributed by atoms with Crippen LogP contribution in [0.15, 0.2) is 106 Å². The van der Waals surface area contributed by atoms with E-state index < -0.39 is 20.0 Å². The molecule has 0 spiro atoms. The largest absolute Gasteiger partial charge is 0.279 e. The van der Waals surface area contributed by atoms with E-state index in [9.17, 15) is 16.8 Å². The van der Waals surface area contributed by atoms with Crippen LogP contribution in [-0.4, -0.2) is 16.8 Å². The highest BCUT2D eigenvalue weighted by molar-refractivity contribution is 7.93. The molecule has 0 saturated carbocycles. The van der Waals surface area contributed by atoms with Gasteiger partial charge in [0.05, 0.1) is 21.2 Å². The van der Waals surface area contributed by atoms with Crippen molar-refractivity contribution < 1.29 is 16.8 Å². The van der Waals surface area contributed by atoms with Gasteiger partial charge in [-0.25, -0.2) is 16.8 Å². The van der Waals surface area contributed by atoms with Crippen molar-refractivity contribution in [2.75, 3.05) is 9.44 Å². The Morgan fingerprint density at radius 2 is 1.03 bits per heavy atom. The Morgan fingerprint density at radius 3 is 1.51 bits per heavy atom. The summed E-state index contributed by atoms with van der Waals surface area (Å²) in [6.45, 7) is 1.99. The zero-order valence-electron chi connectivity index (χ0n) is 19.0. The maximum atomic E-state index is 13.3. The van der Waals surface area contributed by atoms with Crippen LogP contribution in [0.4, 0.5) is 11.4 Å². The molecule has 0 aromatic heterocycles. The lowest BCUT2D eigenvalue weighted by molar-refractivity contribution is 0.599. The third-order valence-electron chi connectivity index (χ3n) is 6.12. The van der Waals surface area contributed by atoms with Gasteiger partial charge in [0.1, 0.15) is 0 Å². The van der Waals surface area contributed by atoms with Crippen LogP contribution in [0.5, 0.6) is 0 Å². The number of hydrogen-bond donors (Lipinski definition) is 2. The average molecular weight is 505 g/mol. The molecule has 0 aliphatic heterocycles. The molecular formula is C27H24N2O4S2. The molecule has 2 N–H and O–H groups in total. The summed E-state index contributed by atoms with van der Waals surface area (Å²) in [4.78, 5) is 0.323. The van der Waals surface area contributed by atoms with Crippen LogP contribution in [0.2, 0.25) is 0 Å². The number of nitrogens with one attached hydrogen (secondary N) is 2. The molecule has 0 radical (unpaired) electrons. The molecule has 6 nitrogen and oxygen atoms in total. The van der Waals surface area contributed by atoms with Gasteiger partial charge < -0.3 is 0 Å². The fourth-order valence-electron chi connectivity index (χ4n) is 4.41. The first-order chi connectivity index (χ1) is 16.8. The second-order valence-electron chi connectivity index (χ2n) is 8.52. The smallest absolute Gasteiger partial charge is 0.261 e. The van der Waals surface area contributed by atoms with Gasteiger partial charge in [-0.05, 0) is 55.2 Å². The average Bonchev–Trinajstić information content (AvgIpc) is 2.87. The lowest BCUT2D eigenvalue weighted by Crippen LogP contribution is -2.19. The molecular weight excluding hydrogens is 480 g/mol. The zero-order valence-corrected chi connectivity index (χ0v) is 20.7. The summed E-state index contributed by atoms with van der Waals surface area (Å²) in [6, 6.07) is 23.7. The Hall–Kier alpha value is -3.62. The summed E-state index contributed by atoms with van der Waals surface area (Å²) in [7, 11) is -7.71. The molecule has 8 heteroatoms. The van der Waals surface area contributed by atoms with Gasteiger partial charge in [0.25, 0.3) is 20.0 Å². The van der Waals surface area contributed by atoms with Crippen molar-refractivity contribution in [2.24, 2.45) is 0 Å². The minimum Gasteiger partial charge on any atom is -0.279 e. The van der Waals surface area contributed by atoms with Crippen molar-refractivity contribution in [2.45, 2.75) is 29.6 Å². The standard InChI is InChI=1S/C27H24N2O4S2/c1-19-16-17-24-25(18-19)27(29-35(32,33)21-12-6-3-7-13-21)23-15-9-8-14-22(23)26(24)28-34(30,31)20-10-4-2-5-11-20/h2-16,28-29H,17-18H2,1H3. The van der Waals surface area contributed by atoms with Crippen LogP contribution < -0.4 is 9.44 Å². The Morgan fingerprint density at radius 1 is 0.600 bits per heavy atom. The van der Waals surface area contributed by atoms with E-state index in [1.165, 1.54) is 0 Å². The van der Waals surface area contributed by atoms with E-state index in [0.29, 0.717) is 35.0 Å². The molecule has 0 saturated heterocycles. The number of benzene rings is 4. The highest BCUT2D eigenvalue weighted by Crippen LogP contribution is 2.42. The van der Waals surface area contributed by atoms with Gasteiger partial charge >= 0.3 is 0 Å². The summed E-state index contributed by atoms with van der Waals surface area (Å²) >= 11 is 0. The molecule has 4 aromatic rings. The van der Waals surface area contributed by atoms with E-state index in [2.05, 4.69) is 9.44 Å². The quantitative estimate of drug-likeness (QED) is 0.268. The molecule has 0 bridgehead atoms. The zero-order chi connectivity index (χ0) is 24.6. The Balaban J connectivity index is 1.72. The molecule has 1 aliphatic rings. The van der Waals surface area contributed by atoms with Crippen LogP contribution >= 0.6 is 0 Å². The lowest BCUT2D eigenvalue weighted by atomic mass is 9.86. The SMILES string of the molecule is CC1=CCc2c(c(NS(=O)(=O)c3ccccc3)c3ccccc3c2NS(=O)(=O)c2ccccc2)C1. The number of sulfonamides is 2. The van der Waals surface area contributed by atoms with Crippen molar-refractivity contribution in [1.29, 1.82) is 0 Å². The highest BCUT2D eigenvalue weighted by Gasteiger charge is 2.27. The maximum Gasteiger partial charge on any atom is 0.261 e. The molecule has 4 aromatic carbocycles. The molecule has 1 aliphatic carbocycles. The first-order valence-corrected chi connectivity index (χ1v) is 14.1. The normalized spacial score (nSPS) is 13.7. The minimum atomic E-state index is -3.85. The van der Waals surface area contributed by atoms with E-state index >= 15 is 0 Å². The first-order valence-electron chi connectivity index (χ1n) is 11.1. The Kier molecular flexibility index (Phi) is 5.86. The van der Waals surface area contributed by atoms with Gasteiger partial charge in [-0.3, -0.25) is 9.44 Å². The van der Waals surface area contributed by atoms with Crippen LogP contribution in [0.25, 0.3) is 10.8 Å². The summed E-state index contributed by atoms with van der Waals surface area (Å²) in [5.74, 6) is 0. The van der Waals surface area contributed by atoms with Crippen LogP contribution in [0, 0.1) is 0 Å². The highest BCUT2D eigenvalue weighted by atomic mass is 32.2. The Bertz CT molecular complexity index is 1660. The molecule has 35 heavy (non-hydrogen) atoms. The summed E-state index contributed by atoms with van der Waals surface area (Å²) < 4.78 is 58.7. The molecule has 0 amide bonds. The second-order valence-corrected chi connectivity index (χ2v) is 11.9. The topological polar surface area (TPSA) is 92.3 Å². The van der Waals surface area contributed by atoms with Crippen LogP contribution in [0.1, 0.15) is 18.1 Å². The van der Waals surface area contributed by atoms with Crippen molar-refractivity contribution in [3.63, 3.8) is 0 Å². The van der Waals surface area contributed by atoms with E-state index in [4.69, 9.17) is 0 Å². The van der Waals surface area contributed by atoms with E-state index in [1.807, 2.05) is 37.3 Å². The van der Waals surface area contributed by atoms with Crippen molar-refractivity contribution in [3.8, 4) is 0 Å². The van der Waals surface area contributed by atoms with E-state index in [0.717, 1.165) is 16.7 Å². The van der Waals surface area contributed by atoms with Crippen molar-refractivity contribution >= 4 is 42.2 Å². The number of rotatable bonds is 6. The summed E-state index contributed by atoms with van der Waals surface area (Å²) in [6.07, 6.45) is 3.04. The third-order valence-corrected chi connectivity index (χ3v) is 8.85. The number of fused-ring (bicyclic) bond motifs is 2. The predicted octanol–water partition coefficient (Wildman–Crippen LogP) is 5.49. The monoisotopic (exact) mass is 504 g/mol. The molecule has 0 fully saturated rings. The predicted molar refractivity (Wildman–Crippen MR) is 140 cm³/mol. The fourth-order valence-corrected chi connectivity index (χ4v) is 6.68. The summed E-state index contributed by atoms with van der Waals surface area (Å²) in [5.41, 5.74) is 3.58. The third kappa shape index (κ3) is 4.42. The molecule has 0 heterocycles. The van der Waals surface area contributed by atoms with E-state index in [1.54, 1.807) is 60.7 Å². The van der Waals surface area contributed by atoms with Gasteiger partial charge in [-0.2, -0.15) is 0 Å². The number of hydrogen-bond acceptors (Lipinski definition) is 4. The minimum absolute atomic E-state index is 0.161. The van der Waals surface area contributed by atoms with Gasteiger partial charge in [-0.1, -0.05) is 72.3 Å². The fraction of sp³-hybridized carbons (Fsp3) is 0.111. The van der Waals surface area contributed by atoms with Gasteiger partial charge in [-0.15, -0.1) is 0 Å². The summed E-state index contributed by atoms with van der Waals surface area (Å²) in [5, 5.41) is 1.26. The molecule has 0 unspecified atom stereocenters. The van der Waals surface area contributed by atoms with Crippen molar-refractivity contribution in [1.82, 2.24) is 0 Å².